The molecule has 0 aromatic rings. The lowest BCUT2D eigenvalue weighted by Gasteiger charge is -2.21. The van der Waals surface area contributed by atoms with Crippen LogP contribution in [-0.2, 0) is 9.53 Å². The van der Waals surface area contributed by atoms with Crippen LogP contribution in [0.3, 0.4) is 0 Å². The number of urea groups is 1. The van der Waals surface area contributed by atoms with Gasteiger partial charge < -0.3 is 20.5 Å². The number of carboxylic acids is 1. The van der Waals surface area contributed by atoms with Crippen molar-refractivity contribution < 1.29 is 19.4 Å². The molecule has 0 aromatic carbocycles. The summed E-state index contributed by atoms with van der Waals surface area (Å²) >= 11 is 0. The number of ether oxygens (including phenoxy) is 1. The molecule has 6 heteroatoms. The van der Waals surface area contributed by atoms with Crippen molar-refractivity contribution in [2.24, 2.45) is 11.8 Å². The highest BCUT2D eigenvalue weighted by Gasteiger charge is 2.20. The molecule has 0 spiro atoms. The topological polar surface area (TPSA) is 87.7 Å². The molecule has 2 atom stereocenters. The number of carboxylic acid groups (broad SMARTS) is 1. The van der Waals surface area contributed by atoms with E-state index in [4.69, 9.17) is 9.84 Å². The van der Waals surface area contributed by atoms with Crippen molar-refractivity contribution in [2.45, 2.75) is 32.7 Å². The van der Waals surface area contributed by atoms with Crippen molar-refractivity contribution in [3.05, 3.63) is 0 Å². The van der Waals surface area contributed by atoms with Gasteiger partial charge in [-0.1, -0.05) is 13.8 Å². The van der Waals surface area contributed by atoms with E-state index in [9.17, 15) is 9.59 Å². The van der Waals surface area contributed by atoms with Gasteiger partial charge in [0.1, 0.15) is 0 Å². The first-order chi connectivity index (χ1) is 8.49. The Labute approximate surface area is 107 Å². The Morgan fingerprint density at radius 2 is 2.17 bits per heavy atom. The van der Waals surface area contributed by atoms with E-state index >= 15 is 0 Å². The van der Waals surface area contributed by atoms with Crippen molar-refractivity contribution in [2.75, 3.05) is 19.8 Å². The average Bonchev–Trinajstić information content (AvgIpc) is 2.77. The molecular weight excluding hydrogens is 236 g/mol. The summed E-state index contributed by atoms with van der Waals surface area (Å²) in [7, 11) is 0. The molecule has 18 heavy (non-hydrogen) atoms. The molecule has 0 radical (unpaired) electrons. The van der Waals surface area contributed by atoms with Crippen LogP contribution in [0.5, 0.6) is 0 Å². The number of carbonyl (C=O) groups excluding carboxylic acids is 1. The smallest absolute Gasteiger partial charge is 0.315 e. The van der Waals surface area contributed by atoms with Gasteiger partial charge in [-0.25, -0.2) is 4.79 Å². The van der Waals surface area contributed by atoms with Crippen molar-refractivity contribution in [1.82, 2.24) is 10.6 Å². The molecule has 0 bridgehead atoms. The number of hydrogen-bond acceptors (Lipinski definition) is 3. The molecule has 0 aliphatic carbocycles. The quantitative estimate of drug-likeness (QED) is 0.658. The second kappa shape index (κ2) is 7.20. The Kier molecular flexibility index (Phi) is 5.91. The summed E-state index contributed by atoms with van der Waals surface area (Å²) in [5.74, 6) is -0.451. The number of nitrogens with one attached hydrogen (secondary N) is 2. The molecule has 1 aliphatic rings. The molecule has 0 aromatic heterocycles. The molecule has 2 amide bonds. The van der Waals surface area contributed by atoms with E-state index in [0.717, 1.165) is 13.0 Å². The summed E-state index contributed by atoms with van der Waals surface area (Å²) in [5.41, 5.74) is 0. The maximum absolute atomic E-state index is 11.6. The second-order valence-corrected chi connectivity index (χ2v) is 5.03. The molecule has 1 heterocycles. The molecule has 0 saturated carbocycles. The molecule has 3 N–H and O–H groups in total. The maximum Gasteiger partial charge on any atom is 0.315 e. The van der Waals surface area contributed by atoms with Crippen LogP contribution in [-0.4, -0.2) is 42.9 Å². The number of rotatable bonds is 6. The maximum atomic E-state index is 11.6. The molecule has 1 fully saturated rings. The van der Waals surface area contributed by atoms with E-state index in [1.54, 1.807) is 0 Å². The summed E-state index contributed by atoms with van der Waals surface area (Å²) in [5, 5.41) is 14.2. The zero-order chi connectivity index (χ0) is 13.5. The summed E-state index contributed by atoms with van der Waals surface area (Å²) in [6.45, 7) is 5.78. The van der Waals surface area contributed by atoms with E-state index in [2.05, 4.69) is 10.6 Å². The minimum Gasteiger partial charge on any atom is -0.481 e. The standard InChI is InChI=1S/C12H22N2O4/c1-8(2)10(5-11(15)16)14-12(17)13-6-9-3-4-18-7-9/h8-10H,3-7H2,1-2H3,(H,15,16)(H2,13,14,17). The van der Waals surface area contributed by atoms with Crippen molar-refractivity contribution >= 4 is 12.0 Å². The van der Waals surface area contributed by atoms with Gasteiger partial charge in [0.05, 0.1) is 13.0 Å². The third kappa shape index (κ3) is 5.35. The van der Waals surface area contributed by atoms with Gasteiger partial charge in [0.15, 0.2) is 0 Å². The van der Waals surface area contributed by atoms with Crippen LogP contribution in [0.25, 0.3) is 0 Å². The van der Waals surface area contributed by atoms with Crippen LogP contribution in [0.15, 0.2) is 0 Å². The van der Waals surface area contributed by atoms with Crippen LogP contribution in [0, 0.1) is 11.8 Å². The SMILES string of the molecule is CC(C)C(CC(=O)O)NC(=O)NCC1CCOC1. The van der Waals surface area contributed by atoms with E-state index in [1.807, 2.05) is 13.8 Å². The number of carbonyl (C=O) groups is 2. The highest BCUT2D eigenvalue weighted by atomic mass is 16.5. The first kappa shape index (κ1) is 14.8. The van der Waals surface area contributed by atoms with Crippen LogP contribution < -0.4 is 10.6 Å². The molecule has 6 nitrogen and oxygen atoms in total. The summed E-state index contributed by atoms with van der Waals surface area (Å²) < 4.78 is 5.21. The fourth-order valence-corrected chi connectivity index (χ4v) is 1.84. The van der Waals surface area contributed by atoms with Crippen molar-refractivity contribution in [3.63, 3.8) is 0 Å². The molecule has 1 saturated heterocycles. The Morgan fingerprint density at radius 1 is 1.44 bits per heavy atom. The third-order valence-corrected chi connectivity index (χ3v) is 3.09. The molecule has 1 aliphatic heterocycles. The van der Waals surface area contributed by atoms with Crippen LogP contribution in [0.2, 0.25) is 0 Å². The lowest BCUT2D eigenvalue weighted by atomic mass is 10.0. The second-order valence-electron chi connectivity index (χ2n) is 5.03. The monoisotopic (exact) mass is 258 g/mol. The Morgan fingerprint density at radius 3 is 2.67 bits per heavy atom. The summed E-state index contributed by atoms with van der Waals surface area (Å²) in [6.07, 6.45) is 0.903. The van der Waals surface area contributed by atoms with Crippen molar-refractivity contribution in [3.8, 4) is 0 Å². The Hall–Kier alpha value is -1.30. The summed E-state index contributed by atoms with van der Waals surface area (Å²) in [6, 6.07) is -0.649. The number of amides is 2. The zero-order valence-corrected chi connectivity index (χ0v) is 10.9. The molecular formula is C12H22N2O4. The number of hydrogen-bond donors (Lipinski definition) is 3. The Bertz CT molecular complexity index is 288. The lowest BCUT2D eigenvalue weighted by molar-refractivity contribution is -0.137. The van der Waals surface area contributed by atoms with Gasteiger partial charge in [0.2, 0.25) is 0 Å². The third-order valence-electron chi connectivity index (χ3n) is 3.09. The highest BCUT2D eigenvalue weighted by Crippen LogP contribution is 2.10. The van der Waals surface area contributed by atoms with E-state index in [1.165, 1.54) is 0 Å². The van der Waals surface area contributed by atoms with Crippen molar-refractivity contribution in [1.29, 1.82) is 0 Å². The number of aliphatic carboxylic acids is 1. The van der Waals surface area contributed by atoms with Gasteiger partial charge >= 0.3 is 12.0 Å². The van der Waals surface area contributed by atoms with E-state index < -0.39 is 5.97 Å². The van der Waals surface area contributed by atoms with Gasteiger partial charge in [-0.05, 0) is 12.3 Å². The zero-order valence-electron chi connectivity index (χ0n) is 10.9. The van der Waals surface area contributed by atoms with Crippen LogP contribution in [0.1, 0.15) is 26.7 Å². The van der Waals surface area contributed by atoms with Crippen LogP contribution >= 0.6 is 0 Å². The predicted molar refractivity (Wildman–Crippen MR) is 66.3 cm³/mol. The minimum atomic E-state index is -0.904. The first-order valence-electron chi connectivity index (χ1n) is 6.33. The van der Waals surface area contributed by atoms with Gasteiger partial charge in [-0.15, -0.1) is 0 Å². The summed E-state index contributed by atoms with van der Waals surface area (Å²) in [4.78, 5) is 22.3. The van der Waals surface area contributed by atoms with Crippen LogP contribution in [0.4, 0.5) is 4.79 Å². The largest absolute Gasteiger partial charge is 0.481 e. The van der Waals surface area contributed by atoms with Gasteiger partial charge in [0.25, 0.3) is 0 Å². The fourth-order valence-electron chi connectivity index (χ4n) is 1.84. The van der Waals surface area contributed by atoms with E-state index in [-0.39, 0.29) is 24.4 Å². The van der Waals surface area contributed by atoms with Gasteiger partial charge in [-0.2, -0.15) is 0 Å². The molecule has 2 unspecified atom stereocenters. The lowest BCUT2D eigenvalue weighted by Crippen LogP contribution is -2.46. The first-order valence-corrected chi connectivity index (χ1v) is 6.33. The highest BCUT2D eigenvalue weighted by molar-refractivity contribution is 5.75. The van der Waals surface area contributed by atoms with E-state index in [0.29, 0.717) is 19.1 Å². The normalized spacial score (nSPS) is 20.7. The van der Waals surface area contributed by atoms with Gasteiger partial charge in [-0.3, -0.25) is 4.79 Å². The Balaban J connectivity index is 2.28. The predicted octanol–water partition coefficient (Wildman–Crippen LogP) is 0.821. The average molecular weight is 258 g/mol. The molecule has 1 rings (SSSR count). The minimum absolute atomic E-state index is 0.0579. The molecule has 104 valence electrons. The van der Waals surface area contributed by atoms with Gasteiger partial charge in [0, 0.05) is 25.1 Å². The fraction of sp³-hybridized carbons (Fsp3) is 0.833.